The number of anilines is 1. The van der Waals surface area contributed by atoms with Crippen LogP contribution in [0.4, 0.5) is 5.69 Å². The molecule has 0 aromatic heterocycles. The van der Waals surface area contributed by atoms with Gasteiger partial charge in [0.1, 0.15) is 37.4 Å². The average Bonchev–Trinajstić information content (AvgIpc) is 3.07. The van der Waals surface area contributed by atoms with E-state index in [1.54, 1.807) is 67.7 Å². The number of nitrogens with zero attached hydrogens (tertiary/aromatic N) is 2. The fourth-order valence-electron chi connectivity index (χ4n) is 5.66. The SMILES string of the molecule is CCN(Cc1cccc(S(=O)(=O)[O-])c1)c1ccc(C(=C2C=CC(=[N+](C)Cc3cccc(S(=O)(=O)[O-])c3)C=C2)c2ccccc2S(=O)(=O)[O-])cc1.[Na+].[Na+]. The van der Waals surface area contributed by atoms with Gasteiger partial charge in [0.15, 0.2) is 12.3 Å². The van der Waals surface area contributed by atoms with Crippen LogP contribution in [0.15, 0.2) is 142 Å². The summed E-state index contributed by atoms with van der Waals surface area (Å²) in [4.78, 5) is 0.968. The van der Waals surface area contributed by atoms with E-state index in [4.69, 9.17) is 0 Å². The van der Waals surface area contributed by atoms with Crippen LogP contribution >= 0.6 is 0 Å². The molecule has 0 saturated heterocycles. The van der Waals surface area contributed by atoms with Gasteiger partial charge >= 0.3 is 59.1 Å². The van der Waals surface area contributed by atoms with Gasteiger partial charge in [0.05, 0.1) is 14.7 Å². The predicted molar refractivity (Wildman–Crippen MR) is 186 cm³/mol. The van der Waals surface area contributed by atoms with E-state index in [9.17, 15) is 38.9 Å². The second-order valence-corrected chi connectivity index (χ2v) is 15.6. The van der Waals surface area contributed by atoms with Gasteiger partial charge in [-0.2, -0.15) is 0 Å². The van der Waals surface area contributed by atoms with E-state index >= 15 is 0 Å². The standard InChI is InChI=1S/C36H34N2O9S3.2Na/c1-3-38(25-27-9-7-11-33(23-27)49(42,43)44)31-20-16-29(17-21-31)36(34-12-4-5-13-35(34)50(45,46)47)28-14-18-30(19-15-28)37(2)24-26-8-6-10-32(22-26)48(39,40)41;;/h4-23H,3,24-25H2,1-2H3,(H2-,39,40,41,42,43,44,45,46,47);;/q;2*+1/p-2. The molecule has 0 bridgehead atoms. The van der Waals surface area contributed by atoms with Crippen LogP contribution in [-0.4, -0.2) is 62.8 Å². The minimum atomic E-state index is -4.86. The van der Waals surface area contributed by atoms with Crippen LogP contribution in [-0.2, 0) is 43.4 Å². The summed E-state index contributed by atoms with van der Waals surface area (Å²) >= 11 is 0. The molecule has 16 heteroatoms. The zero-order chi connectivity index (χ0) is 36.3. The molecule has 0 atom stereocenters. The van der Waals surface area contributed by atoms with Crippen molar-refractivity contribution in [1.82, 2.24) is 0 Å². The monoisotopic (exact) mass is 778 g/mol. The topological polar surface area (TPSA) is 178 Å². The van der Waals surface area contributed by atoms with Gasteiger partial charge in [-0.3, -0.25) is 0 Å². The van der Waals surface area contributed by atoms with Crippen molar-refractivity contribution in [1.29, 1.82) is 0 Å². The van der Waals surface area contributed by atoms with Crippen molar-refractivity contribution in [3.8, 4) is 0 Å². The molecule has 0 N–H and O–H groups in total. The third-order valence-electron chi connectivity index (χ3n) is 8.09. The Balaban J connectivity index is 0.00000364. The van der Waals surface area contributed by atoms with E-state index in [2.05, 4.69) is 0 Å². The minimum Gasteiger partial charge on any atom is -0.744 e. The van der Waals surface area contributed by atoms with E-state index in [1.165, 1.54) is 48.5 Å². The molecule has 0 spiro atoms. The van der Waals surface area contributed by atoms with Crippen molar-refractivity contribution in [2.45, 2.75) is 34.7 Å². The Hall–Kier alpha value is -2.70. The summed E-state index contributed by atoms with van der Waals surface area (Å²) in [5.74, 6) is 0. The van der Waals surface area contributed by atoms with Crippen molar-refractivity contribution in [2.24, 2.45) is 0 Å². The first-order chi connectivity index (χ1) is 23.5. The molecule has 0 fully saturated rings. The molecule has 0 heterocycles. The summed E-state index contributed by atoms with van der Waals surface area (Å²) in [6.07, 6.45) is 7.19. The molecule has 0 unspecified atom stereocenters. The number of hydrogen-bond donors (Lipinski definition) is 0. The molecule has 0 amide bonds. The van der Waals surface area contributed by atoms with Crippen molar-refractivity contribution in [2.75, 3.05) is 18.5 Å². The number of benzene rings is 4. The molecular weight excluding hydrogens is 747 g/mol. The second-order valence-electron chi connectivity index (χ2n) is 11.5. The smallest absolute Gasteiger partial charge is 0.744 e. The maximum atomic E-state index is 12.4. The molecule has 260 valence electrons. The normalized spacial score (nSPS) is 12.9. The molecule has 1 aliphatic rings. The summed E-state index contributed by atoms with van der Waals surface area (Å²) in [6.45, 7) is 3.09. The Morgan fingerprint density at radius 2 is 1.19 bits per heavy atom. The molecule has 11 nitrogen and oxygen atoms in total. The van der Waals surface area contributed by atoms with Gasteiger partial charge in [-0.15, -0.1) is 0 Å². The Kier molecular flexibility index (Phi) is 15.2. The molecule has 4 aromatic carbocycles. The van der Waals surface area contributed by atoms with Gasteiger partial charge < -0.3 is 18.6 Å². The maximum absolute atomic E-state index is 12.4. The van der Waals surface area contributed by atoms with Crippen LogP contribution in [0.1, 0.15) is 29.2 Å². The van der Waals surface area contributed by atoms with Gasteiger partial charge in [-0.05, 0) is 83.8 Å². The minimum absolute atomic E-state index is 0. The molecule has 52 heavy (non-hydrogen) atoms. The molecule has 4 aromatic rings. The third-order valence-corrected chi connectivity index (χ3v) is 10.7. The van der Waals surface area contributed by atoms with Crippen molar-refractivity contribution in [3.05, 3.63) is 149 Å². The largest absolute Gasteiger partial charge is 1.00 e. The van der Waals surface area contributed by atoms with Gasteiger partial charge in [0.2, 0.25) is 0 Å². The Morgan fingerprint density at radius 1 is 0.654 bits per heavy atom. The van der Waals surface area contributed by atoms with Crippen molar-refractivity contribution >= 4 is 47.3 Å². The van der Waals surface area contributed by atoms with E-state index in [1.807, 2.05) is 28.5 Å². The number of rotatable bonds is 11. The van der Waals surface area contributed by atoms with Crippen LogP contribution in [0.25, 0.3) is 5.57 Å². The number of hydrogen-bond acceptors (Lipinski definition) is 10. The molecule has 5 rings (SSSR count). The maximum Gasteiger partial charge on any atom is 1.00 e. The summed E-state index contributed by atoms with van der Waals surface area (Å²) in [6, 6.07) is 24.9. The molecule has 0 radical (unpaired) electrons. The summed E-state index contributed by atoms with van der Waals surface area (Å²) in [5, 5.41) is 0. The predicted octanol–water partition coefficient (Wildman–Crippen LogP) is -1.36. The van der Waals surface area contributed by atoms with Crippen LogP contribution in [0.2, 0.25) is 0 Å². The van der Waals surface area contributed by atoms with Gasteiger partial charge in [-0.1, -0.05) is 54.6 Å². The van der Waals surface area contributed by atoms with Crippen molar-refractivity contribution < 1.29 is 103 Å². The van der Waals surface area contributed by atoms with E-state index in [0.29, 0.717) is 47.5 Å². The van der Waals surface area contributed by atoms with Crippen LogP contribution in [0.5, 0.6) is 0 Å². The first-order valence-corrected chi connectivity index (χ1v) is 19.5. The van der Waals surface area contributed by atoms with Crippen LogP contribution < -0.4 is 64.0 Å². The van der Waals surface area contributed by atoms with Crippen LogP contribution in [0, 0.1) is 0 Å². The molecule has 0 saturated carbocycles. The van der Waals surface area contributed by atoms with Crippen LogP contribution in [0.3, 0.4) is 0 Å². The Labute approximate surface area is 348 Å². The van der Waals surface area contributed by atoms with E-state index in [-0.39, 0.29) is 79.4 Å². The average molecular weight is 779 g/mol. The number of allylic oxidation sites excluding steroid dienone is 5. The van der Waals surface area contributed by atoms with Gasteiger partial charge in [0, 0.05) is 42.1 Å². The summed E-state index contributed by atoms with van der Waals surface area (Å²) in [7, 11) is -12.3. The van der Waals surface area contributed by atoms with E-state index < -0.39 is 30.4 Å². The van der Waals surface area contributed by atoms with E-state index in [0.717, 1.165) is 11.4 Å². The zero-order valence-corrected chi connectivity index (χ0v) is 35.4. The summed E-state index contributed by atoms with van der Waals surface area (Å²) < 4.78 is 108. The molecule has 1 aliphatic carbocycles. The van der Waals surface area contributed by atoms with Gasteiger partial charge in [0.25, 0.3) is 0 Å². The quantitative estimate of drug-likeness (QED) is 0.101. The fourth-order valence-corrected chi connectivity index (χ4v) is 7.43. The fraction of sp³-hybridized carbons (Fsp3) is 0.139. The first kappa shape index (κ1) is 43.7. The molecular formula is C36H32N2Na2O9S3. The Morgan fingerprint density at radius 3 is 1.73 bits per heavy atom. The first-order valence-electron chi connectivity index (χ1n) is 15.2. The van der Waals surface area contributed by atoms with Crippen molar-refractivity contribution in [3.63, 3.8) is 0 Å². The zero-order valence-electron chi connectivity index (χ0n) is 29.0. The second kappa shape index (κ2) is 18.1. The molecule has 0 aliphatic heterocycles. The van der Waals surface area contributed by atoms with Gasteiger partial charge in [-0.25, -0.2) is 29.8 Å². The third kappa shape index (κ3) is 10.9. The summed E-state index contributed by atoms with van der Waals surface area (Å²) in [5.41, 5.74) is 4.71. The Bertz CT molecular complexity index is 2390.